The Morgan fingerprint density at radius 2 is 0.897 bits per heavy atom. The molecule has 0 aliphatic carbocycles. The van der Waals surface area contributed by atoms with Crippen LogP contribution < -0.4 is 0 Å². The Morgan fingerprint density at radius 1 is 0.538 bits per heavy atom. The van der Waals surface area contributed by atoms with Crippen LogP contribution in [0.5, 0.6) is 0 Å². The number of carbonyl (C=O) groups excluding carboxylic acids is 1. The third-order valence-corrected chi connectivity index (χ3v) is 12.3. The van der Waals surface area contributed by atoms with Crippen LogP contribution >= 0.6 is 0 Å². The van der Waals surface area contributed by atoms with Gasteiger partial charge < -0.3 is 23.4 Å². The minimum atomic E-state index is -1.69. The lowest BCUT2D eigenvalue weighted by molar-refractivity contribution is -0.145. The van der Waals surface area contributed by atoms with Gasteiger partial charge in [-0.15, -0.1) is 0 Å². The molecule has 0 spiro atoms. The molecule has 39 heavy (non-hydrogen) atoms. The van der Waals surface area contributed by atoms with Crippen LogP contribution in [0.3, 0.4) is 0 Å². The van der Waals surface area contributed by atoms with E-state index in [4.69, 9.17) is 23.4 Å². The maximum atomic E-state index is 11.8. The van der Waals surface area contributed by atoms with Gasteiger partial charge in [-0.1, -0.05) is 118 Å². The molecule has 234 valence electrons. The summed E-state index contributed by atoms with van der Waals surface area (Å²) in [6.45, 7) is 17.5. The molecule has 0 aromatic rings. The van der Waals surface area contributed by atoms with Crippen LogP contribution in [-0.2, 0) is 28.2 Å². The molecule has 0 bridgehead atoms. The van der Waals surface area contributed by atoms with Gasteiger partial charge in [-0.3, -0.25) is 4.79 Å². The van der Waals surface area contributed by atoms with E-state index >= 15 is 0 Å². The van der Waals surface area contributed by atoms with Gasteiger partial charge in [-0.2, -0.15) is 0 Å². The first-order valence-corrected chi connectivity index (χ1v) is 19.1. The average Bonchev–Trinajstić information content (AvgIpc) is 2.88. The normalized spacial score (nSPS) is 12.3. The first-order valence-electron chi connectivity index (χ1n) is 16.2. The van der Waals surface area contributed by atoms with E-state index in [1.54, 1.807) is 0 Å². The van der Waals surface area contributed by atoms with Crippen molar-refractivity contribution < 1.29 is 28.2 Å². The SMILES string of the molecule is CCCCCCCCCCCCCCCCCC(=O)OCCOCCOCCOCCO[Si](C)(C)C(C)(C)C. The zero-order valence-electron chi connectivity index (χ0n) is 26.9. The Bertz CT molecular complexity index is 535. The Morgan fingerprint density at radius 3 is 1.31 bits per heavy atom. The fraction of sp³-hybridized carbons (Fsp3) is 0.969. The van der Waals surface area contributed by atoms with Crippen LogP contribution in [0.4, 0.5) is 0 Å². The Labute approximate surface area is 243 Å². The van der Waals surface area contributed by atoms with Crippen molar-refractivity contribution in [2.24, 2.45) is 0 Å². The van der Waals surface area contributed by atoms with Gasteiger partial charge in [0.15, 0.2) is 8.32 Å². The molecule has 6 nitrogen and oxygen atoms in total. The minimum Gasteiger partial charge on any atom is -0.463 e. The molecule has 0 amide bonds. The molecule has 0 aromatic heterocycles. The van der Waals surface area contributed by atoms with Crippen LogP contribution in [0.1, 0.15) is 130 Å². The molecule has 0 heterocycles. The highest BCUT2D eigenvalue weighted by Crippen LogP contribution is 2.36. The summed E-state index contributed by atoms with van der Waals surface area (Å²) in [6, 6.07) is 0. The van der Waals surface area contributed by atoms with Crippen molar-refractivity contribution in [3.8, 4) is 0 Å². The second kappa shape index (κ2) is 26.4. The van der Waals surface area contributed by atoms with Gasteiger partial charge in [-0.25, -0.2) is 0 Å². The van der Waals surface area contributed by atoms with E-state index in [1.807, 2.05) is 0 Å². The van der Waals surface area contributed by atoms with Crippen molar-refractivity contribution in [3.05, 3.63) is 0 Å². The number of rotatable bonds is 29. The maximum Gasteiger partial charge on any atom is 0.305 e. The van der Waals surface area contributed by atoms with Gasteiger partial charge in [0.1, 0.15) is 6.61 Å². The van der Waals surface area contributed by atoms with E-state index < -0.39 is 8.32 Å². The van der Waals surface area contributed by atoms with E-state index in [2.05, 4.69) is 40.8 Å². The highest BCUT2D eigenvalue weighted by molar-refractivity contribution is 6.74. The summed E-state index contributed by atoms with van der Waals surface area (Å²) >= 11 is 0. The zero-order chi connectivity index (χ0) is 29.1. The minimum absolute atomic E-state index is 0.112. The Kier molecular flexibility index (Phi) is 26.1. The number of ether oxygens (including phenoxy) is 4. The van der Waals surface area contributed by atoms with Crippen molar-refractivity contribution >= 4 is 14.3 Å². The van der Waals surface area contributed by atoms with Crippen LogP contribution in [0.25, 0.3) is 0 Å². The molecular formula is C32H66O6Si. The molecule has 0 rings (SSSR count). The van der Waals surface area contributed by atoms with Crippen molar-refractivity contribution in [2.75, 3.05) is 52.9 Å². The summed E-state index contributed by atoms with van der Waals surface area (Å²) in [5.74, 6) is -0.112. The summed E-state index contributed by atoms with van der Waals surface area (Å²) in [6.07, 6.45) is 20.4. The van der Waals surface area contributed by atoms with Crippen molar-refractivity contribution in [2.45, 2.75) is 149 Å². The van der Waals surface area contributed by atoms with Gasteiger partial charge >= 0.3 is 5.97 Å². The summed E-state index contributed by atoms with van der Waals surface area (Å²) in [7, 11) is -1.69. The zero-order valence-corrected chi connectivity index (χ0v) is 27.9. The largest absolute Gasteiger partial charge is 0.463 e. The topological polar surface area (TPSA) is 63.2 Å². The monoisotopic (exact) mass is 574 g/mol. The number of unbranched alkanes of at least 4 members (excludes halogenated alkanes) is 14. The number of esters is 1. The van der Waals surface area contributed by atoms with E-state index in [9.17, 15) is 4.79 Å². The first kappa shape index (κ1) is 38.5. The molecule has 0 fully saturated rings. The molecule has 0 saturated carbocycles. The average molecular weight is 575 g/mol. The predicted octanol–water partition coefficient (Wildman–Crippen LogP) is 8.86. The van der Waals surface area contributed by atoms with Gasteiger partial charge in [0, 0.05) is 6.42 Å². The maximum absolute atomic E-state index is 11.8. The predicted molar refractivity (Wildman–Crippen MR) is 166 cm³/mol. The summed E-state index contributed by atoms with van der Waals surface area (Å²) < 4.78 is 27.9. The van der Waals surface area contributed by atoms with E-state index in [1.165, 1.54) is 83.5 Å². The molecule has 0 aromatic carbocycles. The lowest BCUT2D eigenvalue weighted by Crippen LogP contribution is -2.41. The molecular weight excluding hydrogens is 508 g/mol. The van der Waals surface area contributed by atoms with Gasteiger partial charge in [-0.05, 0) is 24.6 Å². The third-order valence-electron chi connectivity index (χ3n) is 7.72. The van der Waals surface area contributed by atoms with Crippen LogP contribution in [0.2, 0.25) is 18.1 Å². The summed E-state index contributed by atoms with van der Waals surface area (Å²) in [4.78, 5) is 11.8. The molecule has 0 unspecified atom stereocenters. The Balaban J connectivity index is 3.26. The fourth-order valence-electron chi connectivity index (χ4n) is 4.04. The smallest absolute Gasteiger partial charge is 0.305 e. The van der Waals surface area contributed by atoms with Crippen LogP contribution in [0, 0.1) is 0 Å². The van der Waals surface area contributed by atoms with E-state index in [0.717, 1.165) is 12.8 Å². The van der Waals surface area contributed by atoms with Gasteiger partial charge in [0.25, 0.3) is 0 Å². The van der Waals surface area contributed by atoms with Gasteiger partial charge in [0.05, 0.1) is 46.2 Å². The molecule has 0 radical (unpaired) electrons. The second-order valence-corrected chi connectivity index (χ2v) is 17.2. The van der Waals surface area contributed by atoms with Crippen LogP contribution in [-0.4, -0.2) is 67.1 Å². The number of carbonyl (C=O) groups is 1. The lowest BCUT2D eigenvalue weighted by atomic mass is 10.0. The summed E-state index contributed by atoms with van der Waals surface area (Å²) in [5, 5.41) is 0.222. The first-order chi connectivity index (χ1) is 18.7. The summed E-state index contributed by atoms with van der Waals surface area (Å²) in [5.41, 5.74) is 0. The van der Waals surface area contributed by atoms with Gasteiger partial charge in [0.2, 0.25) is 0 Å². The molecule has 0 aliphatic heterocycles. The third kappa shape index (κ3) is 26.2. The van der Waals surface area contributed by atoms with E-state index in [0.29, 0.717) is 59.3 Å². The highest BCUT2D eigenvalue weighted by atomic mass is 28.4. The molecule has 0 aliphatic rings. The number of hydrogen-bond acceptors (Lipinski definition) is 6. The quantitative estimate of drug-likeness (QED) is 0.0505. The molecule has 7 heteroatoms. The standard InChI is InChI=1S/C32H66O6Si/c1-7-8-9-10-11-12-13-14-15-16-17-18-19-20-21-22-31(33)37-29-27-35-25-23-34-24-26-36-28-30-38-39(5,6)32(2,3)4/h7-30H2,1-6H3. The molecule has 0 N–H and O–H groups in total. The highest BCUT2D eigenvalue weighted by Gasteiger charge is 2.36. The fourth-order valence-corrected chi connectivity index (χ4v) is 5.07. The number of hydrogen-bond donors (Lipinski definition) is 0. The van der Waals surface area contributed by atoms with Crippen LogP contribution in [0.15, 0.2) is 0 Å². The Hall–Kier alpha value is -0.473. The van der Waals surface area contributed by atoms with E-state index in [-0.39, 0.29) is 11.0 Å². The second-order valence-electron chi connectivity index (χ2n) is 12.4. The van der Waals surface area contributed by atoms with Crippen molar-refractivity contribution in [3.63, 3.8) is 0 Å². The van der Waals surface area contributed by atoms with Crippen molar-refractivity contribution in [1.82, 2.24) is 0 Å². The lowest BCUT2D eigenvalue weighted by Gasteiger charge is -2.36. The van der Waals surface area contributed by atoms with Crippen molar-refractivity contribution in [1.29, 1.82) is 0 Å². The molecule has 0 atom stereocenters. The molecule has 0 saturated heterocycles.